The number of rotatable bonds is 4. The van der Waals surface area contributed by atoms with Crippen molar-refractivity contribution in [2.24, 2.45) is 14.1 Å². The summed E-state index contributed by atoms with van der Waals surface area (Å²) in [6, 6.07) is 0. The lowest BCUT2D eigenvalue weighted by Gasteiger charge is -2.06. The Kier molecular flexibility index (Phi) is 3.45. The Balaban J connectivity index is 2.21. The highest BCUT2D eigenvalue weighted by Gasteiger charge is 2.23. The van der Waals surface area contributed by atoms with Crippen LogP contribution in [0.15, 0.2) is 16.0 Å². The third-order valence-electron chi connectivity index (χ3n) is 2.22. The van der Waals surface area contributed by atoms with Gasteiger partial charge in [0.1, 0.15) is 12.2 Å². The monoisotopic (exact) mass is 335 g/mol. The number of aryl methyl sites for hydroxylation is 2. The number of hydrogen-bond acceptors (Lipinski definition) is 6. The average Bonchev–Trinajstić information content (AvgIpc) is 2.83. The van der Waals surface area contributed by atoms with Gasteiger partial charge in [-0.3, -0.25) is 0 Å². The molecule has 0 spiro atoms. The topological polar surface area (TPSA) is 108 Å². The molecule has 0 saturated heterocycles. The van der Waals surface area contributed by atoms with Crippen molar-refractivity contribution in [2.45, 2.75) is 11.6 Å². The molecule has 1 N–H and O–H groups in total. The molecule has 98 valence electrons. The second kappa shape index (κ2) is 4.74. The summed E-state index contributed by atoms with van der Waals surface area (Å²) in [6.07, 6.45) is 1.49. The fraction of sp³-hybridized carbons (Fsp3) is 0.429. The van der Waals surface area contributed by atoms with E-state index in [1.807, 2.05) is 0 Å². The van der Waals surface area contributed by atoms with E-state index in [1.165, 1.54) is 18.1 Å². The number of nitrogens with zero attached hydrogens (tertiary/aromatic N) is 6. The molecule has 0 aliphatic heterocycles. The van der Waals surface area contributed by atoms with Gasteiger partial charge in [-0.25, -0.2) is 17.8 Å². The summed E-state index contributed by atoms with van der Waals surface area (Å²) in [5.41, 5.74) is 0. The summed E-state index contributed by atoms with van der Waals surface area (Å²) < 4.78 is 29.4. The second-order valence-corrected chi connectivity index (χ2v) is 5.93. The molecule has 11 heteroatoms. The molecular formula is C7H10BrN7O2S. The van der Waals surface area contributed by atoms with Gasteiger partial charge in [0.05, 0.1) is 6.54 Å². The van der Waals surface area contributed by atoms with E-state index in [-0.39, 0.29) is 16.2 Å². The Labute approximate surface area is 111 Å². The van der Waals surface area contributed by atoms with Crippen molar-refractivity contribution in [1.29, 1.82) is 0 Å². The predicted octanol–water partition coefficient (Wildman–Crippen LogP) is -0.815. The van der Waals surface area contributed by atoms with Gasteiger partial charge in [-0.1, -0.05) is 5.21 Å². The van der Waals surface area contributed by atoms with E-state index in [9.17, 15) is 8.42 Å². The second-order valence-electron chi connectivity index (χ2n) is 3.49. The summed E-state index contributed by atoms with van der Waals surface area (Å²) >= 11 is 3.04. The molecule has 2 heterocycles. The number of nitrogens with one attached hydrogen (secondary N) is 1. The Hall–Kier alpha value is -1.33. The molecular weight excluding hydrogens is 326 g/mol. The minimum absolute atomic E-state index is 0.0373. The largest absolute Gasteiger partial charge is 0.320 e. The normalized spacial score (nSPS) is 11.9. The van der Waals surface area contributed by atoms with Crippen LogP contribution in [0.2, 0.25) is 0 Å². The first-order valence-electron chi connectivity index (χ1n) is 4.79. The fourth-order valence-corrected chi connectivity index (χ4v) is 3.37. The highest BCUT2D eigenvalue weighted by molar-refractivity contribution is 9.10. The van der Waals surface area contributed by atoms with E-state index in [0.29, 0.717) is 5.82 Å². The number of sulfonamides is 1. The Morgan fingerprint density at radius 2 is 2.11 bits per heavy atom. The van der Waals surface area contributed by atoms with Crippen LogP contribution in [-0.2, 0) is 30.7 Å². The van der Waals surface area contributed by atoms with Crippen LogP contribution in [0.25, 0.3) is 0 Å². The molecule has 0 aliphatic rings. The van der Waals surface area contributed by atoms with E-state index < -0.39 is 10.0 Å². The molecule has 2 rings (SSSR count). The van der Waals surface area contributed by atoms with Crippen molar-refractivity contribution in [3.63, 3.8) is 0 Å². The maximum absolute atomic E-state index is 12.0. The zero-order valence-corrected chi connectivity index (χ0v) is 12.0. The van der Waals surface area contributed by atoms with Crippen molar-refractivity contribution in [1.82, 2.24) is 34.5 Å². The highest BCUT2D eigenvalue weighted by Crippen LogP contribution is 2.17. The molecule has 0 unspecified atom stereocenters. The van der Waals surface area contributed by atoms with Gasteiger partial charge in [0.15, 0.2) is 4.60 Å². The van der Waals surface area contributed by atoms with Crippen molar-refractivity contribution in [3.8, 4) is 0 Å². The molecule has 18 heavy (non-hydrogen) atoms. The molecule has 0 bridgehead atoms. The van der Waals surface area contributed by atoms with Gasteiger partial charge in [-0.05, 0) is 15.9 Å². The van der Waals surface area contributed by atoms with Gasteiger partial charge in [0, 0.05) is 14.1 Å². The fourth-order valence-electron chi connectivity index (χ4n) is 1.30. The minimum atomic E-state index is -3.71. The molecule has 2 aromatic heterocycles. The van der Waals surface area contributed by atoms with Crippen LogP contribution < -0.4 is 4.72 Å². The van der Waals surface area contributed by atoms with Gasteiger partial charge < -0.3 is 4.57 Å². The molecule has 0 amide bonds. The molecule has 0 atom stereocenters. The smallest absolute Gasteiger partial charge is 0.260 e. The number of hydrogen-bond donors (Lipinski definition) is 1. The highest BCUT2D eigenvalue weighted by atomic mass is 79.9. The first-order valence-corrected chi connectivity index (χ1v) is 7.07. The van der Waals surface area contributed by atoms with Gasteiger partial charge in [-0.2, -0.15) is 0 Å². The molecule has 0 radical (unpaired) electrons. The van der Waals surface area contributed by atoms with Crippen molar-refractivity contribution in [2.75, 3.05) is 0 Å². The average molecular weight is 336 g/mol. The summed E-state index contributed by atoms with van der Waals surface area (Å²) in [7, 11) is -0.489. The number of aromatic nitrogens is 6. The molecule has 0 aromatic carbocycles. The zero-order valence-electron chi connectivity index (χ0n) is 9.57. The van der Waals surface area contributed by atoms with E-state index >= 15 is 0 Å². The maximum atomic E-state index is 12.0. The Morgan fingerprint density at radius 3 is 2.61 bits per heavy atom. The quantitative estimate of drug-likeness (QED) is 0.782. The SMILES string of the molecule is Cn1cnnc1CNS(=O)(=O)c1c(Br)nnn1C. The van der Waals surface area contributed by atoms with E-state index in [4.69, 9.17) is 0 Å². The van der Waals surface area contributed by atoms with E-state index in [2.05, 4.69) is 41.2 Å². The summed E-state index contributed by atoms with van der Waals surface area (Å²) in [5, 5.41) is 14.6. The van der Waals surface area contributed by atoms with Crippen LogP contribution in [-0.4, -0.2) is 38.2 Å². The molecule has 2 aromatic rings. The third-order valence-corrected chi connectivity index (χ3v) is 4.50. The van der Waals surface area contributed by atoms with Crippen LogP contribution in [0.1, 0.15) is 5.82 Å². The first kappa shape index (κ1) is 13.1. The summed E-state index contributed by atoms with van der Waals surface area (Å²) in [5.74, 6) is 0.504. The first-order chi connectivity index (χ1) is 8.42. The molecule has 0 fully saturated rings. The Morgan fingerprint density at radius 1 is 1.39 bits per heavy atom. The van der Waals surface area contributed by atoms with Crippen LogP contribution in [0.3, 0.4) is 0 Å². The van der Waals surface area contributed by atoms with Crippen molar-refractivity contribution >= 4 is 26.0 Å². The van der Waals surface area contributed by atoms with Crippen LogP contribution in [0, 0.1) is 0 Å². The summed E-state index contributed by atoms with van der Waals surface area (Å²) in [4.78, 5) is 0. The molecule has 0 aliphatic carbocycles. The van der Waals surface area contributed by atoms with E-state index in [1.54, 1.807) is 11.6 Å². The van der Waals surface area contributed by atoms with Crippen LogP contribution in [0.5, 0.6) is 0 Å². The summed E-state index contributed by atoms with van der Waals surface area (Å²) in [6.45, 7) is 0.0381. The standard InChI is InChI=1S/C7H10BrN7O2S/c1-14-4-9-11-5(14)3-10-18(16,17)7-6(8)12-13-15(7)2/h4,10H,3H2,1-2H3. The molecule has 0 saturated carbocycles. The number of halogens is 1. The lowest BCUT2D eigenvalue weighted by Crippen LogP contribution is -2.27. The van der Waals surface area contributed by atoms with Crippen molar-refractivity contribution in [3.05, 3.63) is 16.8 Å². The van der Waals surface area contributed by atoms with Gasteiger partial charge in [-0.15, -0.1) is 15.3 Å². The van der Waals surface area contributed by atoms with Crippen molar-refractivity contribution < 1.29 is 8.42 Å². The van der Waals surface area contributed by atoms with Gasteiger partial charge in [0.2, 0.25) is 5.03 Å². The lowest BCUT2D eigenvalue weighted by molar-refractivity contribution is 0.557. The third kappa shape index (κ3) is 2.42. The van der Waals surface area contributed by atoms with Gasteiger partial charge in [0.25, 0.3) is 10.0 Å². The lowest BCUT2D eigenvalue weighted by atomic mass is 10.6. The minimum Gasteiger partial charge on any atom is -0.320 e. The molecule has 9 nitrogen and oxygen atoms in total. The van der Waals surface area contributed by atoms with E-state index in [0.717, 1.165) is 0 Å². The van der Waals surface area contributed by atoms with Crippen LogP contribution in [0.4, 0.5) is 0 Å². The van der Waals surface area contributed by atoms with Crippen LogP contribution >= 0.6 is 15.9 Å². The Bertz CT molecular complexity index is 642. The maximum Gasteiger partial charge on any atom is 0.260 e. The predicted molar refractivity (Wildman–Crippen MR) is 63.7 cm³/mol. The zero-order chi connectivity index (χ0) is 13.3. The van der Waals surface area contributed by atoms with Gasteiger partial charge >= 0.3 is 0 Å².